The maximum atomic E-state index is 12.5. The maximum absolute atomic E-state index is 12.5. The predicted octanol–water partition coefficient (Wildman–Crippen LogP) is 4.91. The first-order chi connectivity index (χ1) is 12.5. The number of allylic oxidation sites excluding steroid dienone is 1. The van der Waals surface area contributed by atoms with Crippen molar-refractivity contribution in [3.63, 3.8) is 0 Å². The van der Waals surface area contributed by atoms with Crippen LogP contribution >= 0.6 is 15.9 Å². The predicted molar refractivity (Wildman–Crippen MR) is 102 cm³/mol. The molecule has 0 saturated heterocycles. The number of carbonyl (C=O) groups excluding carboxylic acids is 2. The largest absolute Gasteiger partial charge is 0.452 e. The van der Waals surface area contributed by atoms with Gasteiger partial charge >= 0.3 is 6.09 Å². The van der Waals surface area contributed by atoms with E-state index in [1.165, 1.54) is 0 Å². The molecule has 1 amide bonds. The Labute approximate surface area is 160 Å². The van der Waals surface area contributed by atoms with Crippen LogP contribution in [0.15, 0.2) is 52.7 Å². The van der Waals surface area contributed by atoms with Gasteiger partial charge in [-0.1, -0.05) is 28.1 Å². The molecule has 6 heteroatoms. The van der Waals surface area contributed by atoms with Crippen molar-refractivity contribution in [3.05, 3.63) is 63.8 Å². The maximum Gasteiger partial charge on any atom is 0.415 e. The second kappa shape index (κ2) is 7.74. The first-order valence-corrected chi connectivity index (χ1v) is 9.11. The highest BCUT2D eigenvalue weighted by atomic mass is 79.9. The molecule has 2 aromatic carbocycles. The van der Waals surface area contributed by atoms with Gasteiger partial charge in [-0.25, -0.2) is 4.79 Å². The lowest BCUT2D eigenvalue weighted by atomic mass is 10.1. The molecule has 5 nitrogen and oxygen atoms in total. The molecule has 0 N–H and O–H groups in total. The Bertz CT molecular complexity index is 870. The standard InChI is InChI=1S/C20H18BrNO4/c1-3-22(4-2)20(24)25-15-9-10-16-17(12-15)26-18(19(16)23)11-13-5-7-14(21)8-6-13/h5-12H,3-4H2,1-2H3. The SMILES string of the molecule is CCN(CC)C(=O)Oc1ccc2c(c1)OC(=Cc1ccc(Br)cc1)C2=O. The normalized spacial score (nSPS) is 14.1. The minimum atomic E-state index is -0.426. The third-order valence-corrected chi connectivity index (χ3v) is 4.56. The first-order valence-electron chi connectivity index (χ1n) is 8.32. The number of rotatable bonds is 4. The van der Waals surface area contributed by atoms with E-state index in [0.29, 0.717) is 30.2 Å². The second-order valence-electron chi connectivity index (χ2n) is 5.69. The zero-order chi connectivity index (χ0) is 18.7. The van der Waals surface area contributed by atoms with Gasteiger partial charge in [0.15, 0.2) is 5.76 Å². The Kier molecular flexibility index (Phi) is 5.42. The summed E-state index contributed by atoms with van der Waals surface area (Å²) in [5.74, 6) is 0.792. The van der Waals surface area contributed by atoms with E-state index in [-0.39, 0.29) is 11.5 Å². The van der Waals surface area contributed by atoms with Crippen LogP contribution in [0.25, 0.3) is 6.08 Å². The zero-order valence-corrected chi connectivity index (χ0v) is 16.1. The highest BCUT2D eigenvalue weighted by Crippen LogP contribution is 2.35. The van der Waals surface area contributed by atoms with Crippen LogP contribution in [0, 0.1) is 0 Å². The Morgan fingerprint density at radius 2 is 1.85 bits per heavy atom. The molecule has 0 radical (unpaired) electrons. The van der Waals surface area contributed by atoms with E-state index in [0.717, 1.165) is 10.0 Å². The lowest BCUT2D eigenvalue weighted by Crippen LogP contribution is -2.33. The van der Waals surface area contributed by atoms with Gasteiger partial charge in [0.05, 0.1) is 5.56 Å². The van der Waals surface area contributed by atoms with E-state index in [2.05, 4.69) is 15.9 Å². The molecule has 0 spiro atoms. The van der Waals surface area contributed by atoms with Crippen molar-refractivity contribution in [2.75, 3.05) is 13.1 Å². The number of halogens is 1. The monoisotopic (exact) mass is 415 g/mol. The Morgan fingerprint density at radius 1 is 1.15 bits per heavy atom. The molecule has 2 aromatic rings. The molecule has 3 rings (SSSR count). The molecule has 0 aliphatic carbocycles. The molecule has 0 fully saturated rings. The summed E-state index contributed by atoms with van der Waals surface area (Å²) in [5.41, 5.74) is 1.31. The molecular formula is C20H18BrNO4. The Hall–Kier alpha value is -2.60. The van der Waals surface area contributed by atoms with Gasteiger partial charge in [-0.3, -0.25) is 4.79 Å². The van der Waals surface area contributed by atoms with Crippen LogP contribution in [-0.4, -0.2) is 29.9 Å². The third kappa shape index (κ3) is 3.80. The number of ketones is 1. The molecule has 1 aliphatic heterocycles. The number of carbonyl (C=O) groups is 2. The molecular weight excluding hydrogens is 398 g/mol. The fourth-order valence-electron chi connectivity index (χ4n) is 2.59. The molecule has 1 heterocycles. The zero-order valence-electron chi connectivity index (χ0n) is 14.5. The lowest BCUT2D eigenvalue weighted by Gasteiger charge is -2.17. The van der Waals surface area contributed by atoms with Crippen molar-refractivity contribution in [1.82, 2.24) is 4.90 Å². The smallest absolute Gasteiger partial charge is 0.415 e. The highest BCUT2D eigenvalue weighted by Gasteiger charge is 2.28. The van der Waals surface area contributed by atoms with E-state index in [9.17, 15) is 9.59 Å². The second-order valence-corrected chi connectivity index (χ2v) is 6.61. The highest BCUT2D eigenvalue weighted by molar-refractivity contribution is 9.10. The quantitative estimate of drug-likeness (QED) is 0.665. The number of benzene rings is 2. The van der Waals surface area contributed by atoms with Crippen LogP contribution < -0.4 is 9.47 Å². The topological polar surface area (TPSA) is 55.8 Å². The van der Waals surface area contributed by atoms with Crippen LogP contribution in [0.1, 0.15) is 29.8 Å². The van der Waals surface area contributed by atoms with Crippen molar-refractivity contribution in [2.24, 2.45) is 0 Å². The van der Waals surface area contributed by atoms with Crippen molar-refractivity contribution < 1.29 is 19.1 Å². The molecule has 26 heavy (non-hydrogen) atoms. The van der Waals surface area contributed by atoms with Crippen LogP contribution in [0.4, 0.5) is 4.79 Å². The van der Waals surface area contributed by atoms with Gasteiger partial charge in [0, 0.05) is 23.6 Å². The van der Waals surface area contributed by atoms with Crippen LogP contribution in [0.2, 0.25) is 0 Å². The van der Waals surface area contributed by atoms with Crippen LogP contribution in [-0.2, 0) is 0 Å². The van der Waals surface area contributed by atoms with Crippen molar-refractivity contribution in [1.29, 1.82) is 0 Å². The molecule has 0 saturated carbocycles. The average Bonchev–Trinajstić information content (AvgIpc) is 2.93. The fraction of sp³-hybridized carbons (Fsp3) is 0.200. The summed E-state index contributed by atoms with van der Waals surface area (Å²) in [6.07, 6.45) is 1.26. The number of Topliss-reactive ketones (excluding diaryl/α,β-unsaturated/α-hetero) is 1. The molecule has 0 atom stereocenters. The molecule has 0 bridgehead atoms. The van der Waals surface area contributed by atoms with Gasteiger partial charge in [-0.15, -0.1) is 0 Å². The summed E-state index contributed by atoms with van der Waals surface area (Å²) in [6, 6.07) is 12.3. The summed E-state index contributed by atoms with van der Waals surface area (Å²) in [4.78, 5) is 26.1. The number of amides is 1. The molecule has 0 aromatic heterocycles. The van der Waals surface area contributed by atoms with Crippen molar-refractivity contribution in [2.45, 2.75) is 13.8 Å². The van der Waals surface area contributed by atoms with E-state index in [1.807, 2.05) is 38.1 Å². The Balaban J connectivity index is 1.80. The number of ether oxygens (including phenoxy) is 2. The number of fused-ring (bicyclic) bond motifs is 1. The van der Waals surface area contributed by atoms with Gasteiger partial charge in [0.2, 0.25) is 5.78 Å². The number of nitrogens with zero attached hydrogens (tertiary/aromatic N) is 1. The van der Waals surface area contributed by atoms with E-state index in [1.54, 1.807) is 29.2 Å². The average molecular weight is 416 g/mol. The first kappa shape index (κ1) is 18.2. The van der Waals surface area contributed by atoms with Gasteiger partial charge < -0.3 is 14.4 Å². The Morgan fingerprint density at radius 3 is 2.50 bits per heavy atom. The van der Waals surface area contributed by atoms with E-state index in [4.69, 9.17) is 9.47 Å². The van der Waals surface area contributed by atoms with Gasteiger partial charge in [0.25, 0.3) is 0 Å². The third-order valence-electron chi connectivity index (χ3n) is 4.04. The molecule has 0 unspecified atom stereocenters. The summed E-state index contributed by atoms with van der Waals surface area (Å²) in [6.45, 7) is 4.90. The van der Waals surface area contributed by atoms with Crippen LogP contribution in [0.5, 0.6) is 11.5 Å². The van der Waals surface area contributed by atoms with Crippen LogP contribution in [0.3, 0.4) is 0 Å². The fourth-order valence-corrected chi connectivity index (χ4v) is 2.85. The minimum Gasteiger partial charge on any atom is -0.452 e. The van der Waals surface area contributed by atoms with Gasteiger partial charge in [-0.05, 0) is 49.8 Å². The van der Waals surface area contributed by atoms with E-state index < -0.39 is 6.09 Å². The van der Waals surface area contributed by atoms with Gasteiger partial charge in [-0.2, -0.15) is 0 Å². The number of hydrogen-bond acceptors (Lipinski definition) is 4. The summed E-state index contributed by atoms with van der Waals surface area (Å²) in [5, 5.41) is 0. The summed E-state index contributed by atoms with van der Waals surface area (Å²) < 4.78 is 12.0. The lowest BCUT2D eigenvalue weighted by molar-refractivity contribution is 0.101. The number of hydrogen-bond donors (Lipinski definition) is 0. The summed E-state index contributed by atoms with van der Waals surface area (Å²) in [7, 11) is 0. The molecule has 1 aliphatic rings. The van der Waals surface area contributed by atoms with E-state index >= 15 is 0 Å². The summed E-state index contributed by atoms with van der Waals surface area (Å²) >= 11 is 3.38. The van der Waals surface area contributed by atoms with Crippen molar-refractivity contribution >= 4 is 33.9 Å². The van der Waals surface area contributed by atoms with Gasteiger partial charge in [0.1, 0.15) is 11.5 Å². The van der Waals surface area contributed by atoms with Crippen molar-refractivity contribution in [3.8, 4) is 11.5 Å². The minimum absolute atomic E-state index is 0.190. The molecule has 134 valence electrons.